The first kappa shape index (κ1) is 13.2. The van der Waals surface area contributed by atoms with E-state index < -0.39 is 0 Å². The van der Waals surface area contributed by atoms with Crippen LogP contribution in [0.3, 0.4) is 0 Å². The molecule has 0 aliphatic rings. The van der Waals surface area contributed by atoms with Crippen LogP contribution >= 0.6 is 15.9 Å². The molecule has 0 spiro atoms. The maximum absolute atomic E-state index is 11.9. The van der Waals surface area contributed by atoms with Gasteiger partial charge in [0.1, 0.15) is 5.78 Å². The molecule has 86 valence electrons. The maximum atomic E-state index is 11.9. The summed E-state index contributed by atoms with van der Waals surface area (Å²) in [6.45, 7) is 7.58. The standard InChI is InChI=1S/C14H17BrO/c1-4-5-13(16)14(2,3)10-11-6-8-12(15)9-7-11/h4,6-9H,1,5,10H2,2-3H3. The second kappa shape index (κ2) is 5.44. The maximum Gasteiger partial charge on any atom is 0.142 e. The molecular formula is C14H17BrO. The van der Waals surface area contributed by atoms with Gasteiger partial charge < -0.3 is 0 Å². The van der Waals surface area contributed by atoms with E-state index in [4.69, 9.17) is 0 Å². The molecule has 0 unspecified atom stereocenters. The third kappa shape index (κ3) is 3.60. The van der Waals surface area contributed by atoms with Gasteiger partial charge in [0.15, 0.2) is 0 Å². The van der Waals surface area contributed by atoms with Crippen LogP contribution in [0.2, 0.25) is 0 Å². The van der Waals surface area contributed by atoms with Gasteiger partial charge in [-0.3, -0.25) is 4.79 Å². The molecule has 0 radical (unpaired) electrons. The largest absolute Gasteiger partial charge is 0.299 e. The molecule has 2 heteroatoms. The number of benzene rings is 1. The lowest BCUT2D eigenvalue weighted by atomic mass is 9.80. The summed E-state index contributed by atoms with van der Waals surface area (Å²) in [4.78, 5) is 11.9. The van der Waals surface area contributed by atoms with Crippen LogP contribution in [0.4, 0.5) is 0 Å². The minimum absolute atomic E-state index is 0.241. The van der Waals surface area contributed by atoms with Crippen LogP contribution in [-0.4, -0.2) is 5.78 Å². The molecule has 0 amide bonds. The third-order valence-corrected chi connectivity index (χ3v) is 3.17. The molecule has 1 rings (SSSR count). The summed E-state index contributed by atoms with van der Waals surface area (Å²) < 4.78 is 1.06. The van der Waals surface area contributed by atoms with Gasteiger partial charge in [0.05, 0.1) is 0 Å². The Kier molecular flexibility index (Phi) is 4.48. The van der Waals surface area contributed by atoms with Gasteiger partial charge in [0.2, 0.25) is 0 Å². The van der Waals surface area contributed by atoms with Crippen molar-refractivity contribution in [2.24, 2.45) is 5.41 Å². The van der Waals surface area contributed by atoms with Crippen LogP contribution in [-0.2, 0) is 11.2 Å². The fraction of sp³-hybridized carbons (Fsp3) is 0.357. The Morgan fingerprint density at radius 1 is 1.38 bits per heavy atom. The fourth-order valence-electron chi connectivity index (χ4n) is 1.62. The minimum atomic E-state index is -0.317. The van der Waals surface area contributed by atoms with E-state index in [-0.39, 0.29) is 11.2 Å². The Labute approximate surface area is 106 Å². The molecular weight excluding hydrogens is 264 g/mol. The van der Waals surface area contributed by atoms with Crippen molar-refractivity contribution in [1.82, 2.24) is 0 Å². The number of rotatable bonds is 5. The lowest BCUT2D eigenvalue weighted by Gasteiger charge is -2.22. The third-order valence-electron chi connectivity index (χ3n) is 2.64. The molecule has 0 heterocycles. The number of Topliss-reactive ketones (excluding diaryl/α,β-unsaturated/α-hetero) is 1. The van der Waals surface area contributed by atoms with Gasteiger partial charge in [0.25, 0.3) is 0 Å². The van der Waals surface area contributed by atoms with E-state index in [1.165, 1.54) is 5.56 Å². The summed E-state index contributed by atoms with van der Waals surface area (Å²) in [5.74, 6) is 0.241. The summed E-state index contributed by atoms with van der Waals surface area (Å²) in [6.07, 6.45) is 2.89. The number of hydrogen-bond acceptors (Lipinski definition) is 1. The number of halogens is 1. The molecule has 1 aromatic rings. The zero-order valence-corrected chi connectivity index (χ0v) is 11.4. The number of hydrogen-bond donors (Lipinski definition) is 0. The van der Waals surface area contributed by atoms with Crippen LogP contribution in [0, 0.1) is 5.41 Å². The van der Waals surface area contributed by atoms with E-state index in [1.54, 1.807) is 6.08 Å². The molecule has 0 N–H and O–H groups in total. The number of allylic oxidation sites excluding steroid dienone is 1. The van der Waals surface area contributed by atoms with Crippen LogP contribution < -0.4 is 0 Å². The van der Waals surface area contributed by atoms with Crippen molar-refractivity contribution >= 4 is 21.7 Å². The molecule has 0 aromatic heterocycles. The average molecular weight is 281 g/mol. The van der Waals surface area contributed by atoms with E-state index in [0.717, 1.165) is 10.9 Å². The highest BCUT2D eigenvalue weighted by Gasteiger charge is 2.26. The van der Waals surface area contributed by atoms with Crippen molar-refractivity contribution < 1.29 is 4.79 Å². The zero-order valence-electron chi connectivity index (χ0n) is 9.79. The summed E-state index contributed by atoms with van der Waals surface area (Å²) in [5.41, 5.74) is 0.868. The quantitative estimate of drug-likeness (QED) is 0.740. The van der Waals surface area contributed by atoms with Crippen molar-refractivity contribution in [1.29, 1.82) is 0 Å². The normalized spacial score (nSPS) is 11.2. The molecule has 1 nitrogen and oxygen atoms in total. The monoisotopic (exact) mass is 280 g/mol. The average Bonchev–Trinajstić information content (AvgIpc) is 2.21. The Balaban J connectivity index is 2.75. The number of carbonyl (C=O) groups is 1. The van der Waals surface area contributed by atoms with Crippen molar-refractivity contribution in [2.45, 2.75) is 26.7 Å². The van der Waals surface area contributed by atoms with Gasteiger partial charge in [-0.25, -0.2) is 0 Å². The molecule has 0 aliphatic heterocycles. The highest BCUT2D eigenvalue weighted by Crippen LogP contribution is 2.25. The molecule has 0 bridgehead atoms. The Morgan fingerprint density at radius 2 is 1.94 bits per heavy atom. The number of carbonyl (C=O) groups excluding carboxylic acids is 1. The fourth-order valence-corrected chi connectivity index (χ4v) is 1.88. The van der Waals surface area contributed by atoms with Gasteiger partial charge in [0, 0.05) is 16.3 Å². The van der Waals surface area contributed by atoms with Crippen LogP contribution in [0.5, 0.6) is 0 Å². The number of ketones is 1. The second-order valence-corrected chi connectivity index (χ2v) is 5.52. The van der Waals surface area contributed by atoms with E-state index in [2.05, 4.69) is 22.5 Å². The SMILES string of the molecule is C=CCC(=O)C(C)(C)Cc1ccc(Br)cc1. The first-order valence-electron chi connectivity index (χ1n) is 5.34. The molecule has 0 fully saturated rings. The van der Waals surface area contributed by atoms with E-state index in [0.29, 0.717) is 6.42 Å². The van der Waals surface area contributed by atoms with Gasteiger partial charge in [-0.2, -0.15) is 0 Å². The molecule has 0 saturated carbocycles. The highest BCUT2D eigenvalue weighted by atomic mass is 79.9. The first-order valence-corrected chi connectivity index (χ1v) is 6.13. The van der Waals surface area contributed by atoms with Gasteiger partial charge >= 0.3 is 0 Å². The summed E-state index contributed by atoms with van der Waals surface area (Å²) >= 11 is 3.40. The lowest BCUT2D eigenvalue weighted by Crippen LogP contribution is -2.26. The van der Waals surface area contributed by atoms with Crippen molar-refractivity contribution in [3.05, 3.63) is 47.0 Å². The zero-order chi connectivity index (χ0) is 12.2. The predicted octanol–water partition coefficient (Wildman–Crippen LogP) is 4.16. The molecule has 0 aliphatic carbocycles. The Bertz CT molecular complexity index is 376. The van der Waals surface area contributed by atoms with Crippen molar-refractivity contribution in [3.8, 4) is 0 Å². The molecule has 0 saturated heterocycles. The van der Waals surface area contributed by atoms with Gasteiger partial charge in [-0.05, 0) is 24.1 Å². The highest BCUT2D eigenvalue weighted by molar-refractivity contribution is 9.10. The van der Waals surface area contributed by atoms with Crippen LogP contribution in [0.15, 0.2) is 41.4 Å². The van der Waals surface area contributed by atoms with Crippen molar-refractivity contribution in [2.75, 3.05) is 0 Å². The second-order valence-electron chi connectivity index (χ2n) is 4.60. The van der Waals surface area contributed by atoms with Crippen molar-refractivity contribution in [3.63, 3.8) is 0 Å². The van der Waals surface area contributed by atoms with E-state index in [1.807, 2.05) is 38.1 Å². The van der Waals surface area contributed by atoms with Crippen LogP contribution in [0.25, 0.3) is 0 Å². The van der Waals surface area contributed by atoms with Crippen LogP contribution in [0.1, 0.15) is 25.8 Å². The molecule has 16 heavy (non-hydrogen) atoms. The van der Waals surface area contributed by atoms with Gasteiger partial charge in [-0.1, -0.05) is 48.0 Å². The predicted molar refractivity (Wildman–Crippen MR) is 71.4 cm³/mol. The summed E-state index contributed by atoms with van der Waals surface area (Å²) in [6, 6.07) is 8.10. The summed E-state index contributed by atoms with van der Waals surface area (Å²) in [7, 11) is 0. The minimum Gasteiger partial charge on any atom is -0.299 e. The molecule has 1 aromatic carbocycles. The first-order chi connectivity index (χ1) is 7.45. The van der Waals surface area contributed by atoms with E-state index >= 15 is 0 Å². The smallest absolute Gasteiger partial charge is 0.142 e. The van der Waals surface area contributed by atoms with Gasteiger partial charge in [-0.15, -0.1) is 6.58 Å². The summed E-state index contributed by atoms with van der Waals surface area (Å²) in [5, 5.41) is 0. The van der Waals surface area contributed by atoms with E-state index in [9.17, 15) is 4.79 Å². The Morgan fingerprint density at radius 3 is 2.44 bits per heavy atom. The lowest BCUT2D eigenvalue weighted by molar-refractivity contribution is -0.126. The molecule has 0 atom stereocenters. The topological polar surface area (TPSA) is 17.1 Å². The Hall–Kier alpha value is -0.890.